The third-order valence-corrected chi connectivity index (χ3v) is 1.28. The van der Waals surface area contributed by atoms with Crippen molar-refractivity contribution in [1.82, 2.24) is 4.98 Å². The molecule has 0 saturated carbocycles. The summed E-state index contributed by atoms with van der Waals surface area (Å²) in [5.41, 5.74) is -2.71. The Morgan fingerprint density at radius 3 is 2.21 bits per heavy atom. The van der Waals surface area contributed by atoms with E-state index in [1.807, 2.05) is 0 Å². The summed E-state index contributed by atoms with van der Waals surface area (Å²) in [7, 11) is 0. The molecule has 0 bridgehead atoms. The van der Waals surface area contributed by atoms with E-state index in [4.69, 9.17) is 0 Å². The Labute approximate surface area is 74.3 Å². The summed E-state index contributed by atoms with van der Waals surface area (Å²) in [6.45, 7) is 0. The van der Waals surface area contributed by atoms with Crippen molar-refractivity contribution in [3.63, 3.8) is 0 Å². The number of hydrogen-bond acceptors (Lipinski definition) is 5. The summed E-state index contributed by atoms with van der Waals surface area (Å²) in [5.74, 6) is -3.30. The molecule has 1 rings (SSSR count). The van der Waals surface area contributed by atoms with E-state index in [1.165, 1.54) is 0 Å². The first-order valence-electron chi connectivity index (χ1n) is 3.08. The van der Waals surface area contributed by atoms with Crippen LogP contribution in [0.4, 0.5) is 20.2 Å². The van der Waals surface area contributed by atoms with E-state index < -0.39 is 33.1 Å². The predicted molar refractivity (Wildman–Crippen MR) is 37.5 cm³/mol. The van der Waals surface area contributed by atoms with Gasteiger partial charge in [0.2, 0.25) is 5.95 Å². The zero-order chi connectivity index (χ0) is 10.9. The van der Waals surface area contributed by atoms with Gasteiger partial charge in [-0.05, 0) is 0 Å². The molecule has 0 unspecified atom stereocenters. The van der Waals surface area contributed by atoms with E-state index >= 15 is 0 Å². The first-order chi connectivity index (χ1) is 6.43. The van der Waals surface area contributed by atoms with Crippen LogP contribution in [-0.4, -0.2) is 14.8 Å². The lowest BCUT2D eigenvalue weighted by Gasteiger charge is -1.95. The lowest BCUT2D eigenvalue weighted by molar-refractivity contribution is -0.424. The van der Waals surface area contributed by atoms with Crippen LogP contribution < -0.4 is 0 Å². The molecule has 0 aliphatic heterocycles. The Morgan fingerprint density at radius 1 is 1.21 bits per heavy atom. The van der Waals surface area contributed by atoms with Crippen LogP contribution in [0.5, 0.6) is 0 Å². The second kappa shape index (κ2) is 3.28. The first-order valence-corrected chi connectivity index (χ1v) is 3.08. The minimum Gasteiger partial charge on any atom is -0.258 e. The Kier molecular flexibility index (Phi) is 2.32. The van der Waals surface area contributed by atoms with Crippen LogP contribution in [0.25, 0.3) is 0 Å². The van der Waals surface area contributed by atoms with Gasteiger partial charge in [0.25, 0.3) is 0 Å². The second-order valence-electron chi connectivity index (χ2n) is 2.12. The van der Waals surface area contributed by atoms with E-state index in [9.17, 15) is 29.0 Å². The fourth-order valence-corrected chi connectivity index (χ4v) is 0.774. The topological polar surface area (TPSA) is 99.2 Å². The average Bonchev–Trinajstić information content (AvgIpc) is 2.01. The van der Waals surface area contributed by atoms with Gasteiger partial charge >= 0.3 is 17.3 Å². The van der Waals surface area contributed by atoms with E-state index in [1.54, 1.807) is 0 Å². The Hall–Kier alpha value is -2.19. The minimum atomic E-state index is -1.82. The summed E-state index contributed by atoms with van der Waals surface area (Å²) >= 11 is 0. The molecule has 0 radical (unpaired) electrons. The molecule has 14 heavy (non-hydrogen) atoms. The van der Waals surface area contributed by atoms with Gasteiger partial charge in [-0.15, -0.1) is 0 Å². The molecule has 74 valence electrons. The number of pyridine rings is 1. The van der Waals surface area contributed by atoms with Crippen LogP contribution in [-0.2, 0) is 0 Å². The number of nitro groups is 2. The molecule has 1 aromatic rings. The highest BCUT2D eigenvalue weighted by Gasteiger charge is 2.31. The van der Waals surface area contributed by atoms with E-state index in [0.717, 1.165) is 0 Å². The molecule has 0 saturated heterocycles. The Bertz CT molecular complexity index is 422. The molecule has 0 N–H and O–H groups in total. The van der Waals surface area contributed by atoms with Crippen LogP contribution in [0.1, 0.15) is 0 Å². The molecule has 9 heteroatoms. The fourth-order valence-electron chi connectivity index (χ4n) is 0.774. The molecule has 0 amide bonds. The standard InChI is InChI=1S/C5HF2N3O4/c6-3-1-2(9(11)12)4(10(13)14)5(7)8-3/h1H. The fraction of sp³-hybridized carbons (Fsp3) is 0. The molecule has 7 nitrogen and oxygen atoms in total. The number of hydrogen-bond donors (Lipinski definition) is 0. The molecule has 0 spiro atoms. The van der Waals surface area contributed by atoms with E-state index in [2.05, 4.69) is 4.98 Å². The zero-order valence-electron chi connectivity index (χ0n) is 6.31. The molecule has 0 aliphatic rings. The quantitative estimate of drug-likeness (QED) is 0.410. The average molecular weight is 205 g/mol. The van der Waals surface area contributed by atoms with E-state index in [0.29, 0.717) is 0 Å². The minimum absolute atomic E-state index is 0.182. The highest BCUT2D eigenvalue weighted by Crippen LogP contribution is 2.28. The van der Waals surface area contributed by atoms with E-state index in [-0.39, 0.29) is 6.07 Å². The molecule has 1 heterocycles. The lowest BCUT2D eigenvalue weighted by atomic mass is 10.3. The Balaban J connectivity index is 3.52. The summed E-state index contributed by atoms with van der Waals surface area (Å²) < 4.78 is 25.0. The maximum absolute atomic E-state index is 12.6. The largest absolute Gasteiger partial charge is 0.400 e. The normalized spacial score (nSPS) is 9.86. The van der Waals surface area contributed by atoms with Crippen molar-refractivity contribution in [3.05, 3.63) is 38.2 Å². The van der Waals surface area contributed by atoms with Gasteiger partial charge < -0.3 is 0 Å². The SMILES string of the molecule is O=[N+]([O-])c1cc(F)nc(F)c1[N+](=O)[O-]. The van der Waals surface area contributed by atoms with Crippen LogP contribution in [0.2, 0.25) is 0 Å². The number of nitrogens with zero attached hydrogens (tertiary/aromatic N) is 3. The smallest absolute Gasteiger partial charge is 0.258 e. The summed E-state index contributed by atoms with van der Waals surface area (Å²) in [6.07, 6.45) is 0. The molecule has 0 aromatic carbocycles. The van der Waals surface area contributed by atoms with Crippen molar-refractivity contribution in [2.24, 2.45) is 0 Å². The van der Waals surface area contributed by atoms with Gasteiger partial charge in [0.05, 0.1) is 15.9 Å². The van der Waals surface area contributed by atoms with Crippen LogP contribution in [0, 0.1) is 32.1 Å². The zero-order valence-corrected chi connectivity index (χ0v) is 6.31. The molecule has 0 aliphatic carbocycles. The van der Waals surface area contributed by atoms with Gasteiger partial charge in [-0.25, -0.2) is 0 Å². The molecular formula is C5HF2N3O4. The van der Waals surface area contributed by atoms with Gasteiger partial charge in [0.1, 0.15) is 0 Å². The first kappa shape index (κ1) is 9.89. The third kappa shape index (κ3) is 1.60. The molecular weight excluding hydrogens is 204 g/mol. The van der Waals surface area contributed by atoms with Gasteiger partial charge in [0.15, 0.2) is 0 Å². The molecule has 0 atom stereocenters. The third-order valence-electron chi connectivity index (χ3n) is 1.28. The lowest BCUT2D eigenvalue weighted by Crippen LogP contribution is -2.03. The van der Waals surface area contributed by atoms with Crippen molar-refractivity contribution in [3.8, 4) is 0 Å². The highest BCUT2D eigenvalue weighted by molar-refractivity contribution is 5.50. The highest BCUT2D eigenvalue weighted by atomic mass is 19.1. The summed E-state index contributed by atoms with van der Waals surface area (Å²) in [6, 6.07) is 0.182. The van der Waals surface area contributed by atoms with Crippen LogP contribution in [0.15, 0.2) is 6.07 Å². The maximum atomic E-state index is 12.6. The summed E-state index contributed by atoms with van der Waals surface area (Å²) in [4.78, 5) is 20.2. The Morgan fingerprint density at radius 2 is 1.79 bits per heavy atom. The van der Waals surface area contributed by atoms with Crippen molar-refractivity contribution in [1.29, 1.82) is 0 Å². The number of aromatic nitrogens is 1. The second-order valence-corrected chi connectivity index (χ2v) is 2.12. The van der Waals surface area contributed by atoms with Gasteiger partial charge in [-0.1, -0.05) is 0 Å². The van der Waals surface area contributed by atoms with Crippen molar-refractivity contribution >= 4 is 11.4 Å². The monoisotopic (exact) mass is 205 g/mol. The summed E-state index contributed by atoms with van der Waals surface area (Å²) in [5, 5.41) is 20.3. The van der Waals surface area contributed by atoms with Gasteiger partial charge in [-0.3, -0.25) is 20.2 Å². The van der Waals surface area contributed by atoms with Crippen LogP contribution in [0.3, 0.4) is 0 Å². The number of halogens is 2. The predicted octanol–water partition coefficient (Wildman–Crippen LogP) is 1.18. The van der Waals surface area contributed by atoms with Crippen molar-refractivity contribution in [2.45, 2.75) is 0 Å². The van der Waals surface area contributed by atoms with Gasteiger partial charge in [0, 0.05) is 0 Å². The van der Waals surface area contributed by atoms with Crippen LogP contribution >= 0.6 is 0 Å². The van der Waals surface area contributed by atoms with Crippen molar-refractivity contribution in [2.75, 3.05) is 0 Å². The number of rotatable bonds is 2. The van der Waals surface area contributed by atoms with Gasteiger partial charge in [-0.2, -0.15) is 13.8 Å². The maximum Gasteiger partial charge on any atom is 0.400 e. The van der Waals surface area contributed by atoms with Crippen molar-refractivity contribution < 1.29 is 18.6 Å². The molecule has 0 fully saturated rings. The molecule has 1 aromatic heterocycles.